The number of aliphatic hydroxyl groups excluding tert-OH is 1. The highest BCUT2D eigenvalue weighted by Crippen LogP contribution is 1.86. The van der Waals surface area contributed by atoms with Crippen LogP contribution in [0.4, 0.5) is 0 Å². The Morgan fingerprint density at radius 1 is 1.25 bits per heavy atom. The van der Waals surface area contributed by atoms with Crippen molar-refractivity contribution >= 4 is 10.1 Å². The first-order chi connectivity index (χ1) is 5.47. The second kappa shape index (κ2) is 8.96. The Bertz CT molecular complexity index is 160. The summed E-state index contributed by atoms with van der Waals surface area (Å²) in [4.78, 5) is 0. The molecule has 0 aromatic heterocycles. The molecule has 0 atom stereocenters. The summed E-state index contributed by atoms with van der Waals surface area (Å²) in [6.45, 7) is 4.39. The summed E-state index contributed by atoms with van der Waals surface area (Å²) in [6.07, 6.45) is 2.65. The van der Waals surface area contributed by atoms with E-state index in [9.17, 15) is 8.42 Å². The molecule has 5 heteroatoms. The summed E-state index contributed by atoms with van der Waals surface area (Å²) in [6, 6.07) is 0. The van der Waals surface area contributed by atoms with E-state index < -0.39 is 10.1 Å². The summed E-state index contributed by atoms with van der Waals surface area (Å²) in [7, 11) is -3.19. The van der Waals surface area contributed by atoms with Crippen LogP contribution in [0.3, 0.4) is 0 Å². The van der Waals surface area contributed by atoms with Crippen molar-refractivity contribution in [2.45, 2.75) is 26.7 Å². The van der Waals surface area contributed by atoms with E-state index in [2.05, 4.69) is 4.18 Å². The fourth-order valence-electron chi connectivity index (χ4n) is 0.235. The van der Waals surface area contributed by atoms with Crippen LogP contribution in [-0.2, 0) is 14.3 Å². The Morgan fingerprint density at radius 2 is 1.67 bits per heavy atom. The molecule has 0 fully saturated rings. The van der Waals surface area contributed by atoms with Crippen molar-refractivity contribution in [1.82, 2.24) is 0 Å². The van der Waals surface area contributed by atoms with Gasteiger partial charge in [-0.3, -0.25) is 4.18 Å². The van der Waals surface area contributed by atoms with Crippen LogP contribution in [0.5, 0.6) is 0 Å². The molecule has 1 N–H and O–H groups in total. The monoisotopic (exact) mass is 198 g/mol. The minimum absolute atomic E-state index is 0.291. The molecule has 12 heavy (non-hydrogen) atoms. The van der Waals surface area contributed by atoms with Crippen LogP contribution in [0.15, 0.2) is 0 Å². The summed E-state index contributed by atoms with van der Waals surface area (Å²) in [5.41, 5.74) is 0. The first-order valence-corrected chi connectivity index (χ1v) is 5.74. The molecule has 0 spiro atoms. The van der Waals surface area contributed by atoms with E-state index >= 15 is 0 Å². The van der Waals surface area contributed by atoms with Crippen molar-refractivity contribution in [3.05, 3.63) is 0 Å². The highest BCUT2D eigenvalue weighted by molar-refractivity contribution is 7.85. The Labute approximate surface area is 74.7 Å². The lowest BCUT2D eigenvalue weighted by atomic mass is 10.5. The zero-order valence-electron chi connectivity index (χ0n) is 7.91. The normalized spacial score (nSPS) is 10.3. The van der Waals surface area contributed by atoms with Gasteiger partial charge in [-0.25, -0.2) is 0 Å². The van der Waals surface area contributed by atoms with Crippen LogP contribution < -0.4 is 0 Å². The fourth-order valence-corrected chi connectivity index (χ4v) is 0.704. The SMILES string of the molecule is CCCO.CCCOS(C)(=O)=O. The maximum atomic E-state index is 10.2. The van der Waals surface area contributed by atoms with Gasteiger partial charge in [-0.05, 0) is 12.8 Å². The molecule has 0 aliphatic rings. The van der Waals surface area contributed by atoms with Gasteiger partial charge in [-0.1, -0.05) is 13.8 Å². The van der Waals surface area contributed by atoms with Crippen molar-refractivity contribution in [3.63, 3.8) is 0 Å². The molecule has 0 aromatic carbocycles. The third-order valence-corrected chi connectivity index (χ3v) is 1.32. The van der Waals surface area contributed by atoms with Gasteiger partial charge in [0, 0.05) is 6.61 Å². The molecule has 76 valence electrons. The lowest BCUT2D eigenvalue weighted by Crippen LogP contribution is -2.02. The Balaban J connectivity index is 0. The molecule has 4 nitrogen and oxygen atoms in total. The van der Waals surface area contributed by atoms with Crippen molar-refractivity contribution < 1.29 is 17.7 Å². The minimum atomic E-state index is -3.19. The number of aliphatic hydroxyl groups is 1. The molecule has 0 aliphatic carbocycles. The first-order valence-electron chi connectivity index (χ1n) is 3.93. The quantitative estimate of drug-likeness (QED) is 0.677. The first kappa shape index (κ1) is 14.4. The maximum absolute atomic E-state index is 10.2. The highest BCUT2D eigenvalue weighted by Gasteiger charge is 1.96. The van der Waals surface area contributed by atoms with E-state index in [4.69, 9.17) is 5.11 Å². The van der Waals surface area contributed by atoms with Gasteiger partial charge in [0.2, 0.25) is 0 Å². The van der Waals surface area contributed by atoms with Gasteiger partial charge in [-0.2, -0.15) is 8.42 Å². The molecule has 0 saturated carbocycles. The predicted molar refractivity (Wildman–Crippen MR) is 48.5 cm³/mol. The Morgan fingerprint density at radius 3 is 1.75 bits per heavy atom. The van der Waals surface area contributed by atoms with E-state index in [-0.39, 0.29) is 0 Å². The van der Waals surface area contributed by atoms with Crippen LogP contribution in [0.2, 0.25) is 0 Å². The van der Waals surface area contributed by atoms with E-state index in [0.29, 0.717) is 13.2 Å². The maximum Gasteiger partial charge on any atom is 0.264 e. The molecule has 0 aliphatic heterocycles. The van der Waals surface area contributed by atoms with Crippen LogP contribution in [0.25, 0.3) is 0 Å². The third-order valence-electron chi connectivity index (χ3n) is 0.725. The van der Waals surface area contributed by atoms with Crippen molar-refractivity contribution in [2.75, 3.05) is 19.5 Å². The summed E-state index contributed by atoms with van der Waals surface area (Å²) in [5, 5.41) is 7.88. The van der Waals surface area contributed by atoms with Crippen LogP contribution in [0.1, 0.15) is 26.7 Å². The number of hydrogen-bond donors (Lipinski definition) is 1. The van der Waals surface area contributed by atoms with Gasteiger partial charge < -0.3 is 5.11 Å². The summed E-state index contributed by atoms with van der Waals surface area (Å²) in [5.74, 6) is 0. The molecule has 0 rings (SSSR count). The van der Waals surface area contributed by atoms with Gasteiger partial charge in [-0.15, -0.1) is 0 Å². The van der Waals surface area contributed by atoms with Crippen molar-refractivity contribution in [3.8, 4) is 0 Å². The predicted octanol–water partition coefficient (Wildman–Crippen LogP) is 0.761. The van der Waals surface area contributed by atoms with Gasteiger partial charge in [0.25, 0.3) is 10.1 Å². The largest absolute Gasteiger partial charge is 0.396 e. The highest BCUT2D eigenvalue weighted by atomic mass is 32.2. The van der Waals surface area contributed by atoms with Crippen LogP contribution >= 0.6 is 0 Å². The van der Waals surface area contributed by atoms with Gasteiger partial charge in [0.1, 0.15) is 0 Å². The third kappa shape index (κ3) is 22.5. The minimum Gasteiger partial charge on any atom is -0.396 e. The molecule has 0 saturated heterocycles. The summed E-state index contributed by atoms with van der Waals surface area (Å²) < 4.78 is 24.7. The number of rotatable bonds is 4. The molecule has 0 heterocycles. The molecule has 0 aromatic rings. The summed E-state index contributed by atoms with van der Waals surface area (Å²) >= 11 is 0. The van der Waals surface area contributed by atoms with E-state index in [1.165, 1.54) is 0 Å². The molecule has 0 amide bonds. The molecular weight excluding hydrogens is 180 g/mol. The number of hydrogen-bond acceptors (Lipinski definition) is 4. The van der Waals surface area contributed by atoms with Crippen LogP contribution in [-0.4, -0.2) is 33.0 Å². The second-order valence-corrected chi connectivity index (χ2v) is 3.89. The van der Waals surface area contributed by atoms with E-state index in [1.807, 2.05) is 13.8 Å². The Kier molecular flexibility index (Phi) is 10.8. The topological polar surface area (TPSA) is 63.6 Å². The molecule has 0 unspecified atom stereocenters. The Hall–Kier alpha value is -0.130. The molecule has 0 radical (unpaired) electrons. The lowest BCUT2D eigenvalue weighted by Gasteiger charge is -1.94. The zero-order valence-corrected chi connectivity index (χ0v) is 8.73. The lowest BCUT2D eigenvalue weighted by molar-refractivity contribution is 0.295. The smallest absolute Gasteiger partial charge is 0.264 e. The van der Waals surface area contributed by atoms with Crippen molar-refractivity contribution in [2.24, 2.45) is 0 Å². The standard InChI is InChI=1S/C4H10O3S.C3H8O/c1-3-4-7-8(2,5)6;1-2-3-4/h3-4H2,1-2H3;4H,2-3H2,1H3. The molecule has 0 bridgehead atoms. The molecular formula is C7H18O4S. The second-order valence-electron chi connectivity index (χ2n) is 2.25. The van der Waals surface area contributed by atoms with Gasteiger partial charge in [0.15, 0.2) is 0 Å². The van der Waals surface area contributed by atoms with E-state index in [0.717, 1.165) is 19.1 Å². The average Bonchev–Trinajstić information content (AvgIpc) is 2.00. The average molecular weight is 198 g/mol. The van der Waals surface area contributed by atoms with E-state index in [1.54, 1.807) is 0 Å². The fraction of sp³-hybridized carbons (Fsp3) is 1.00. The van der Waals surface area contributed by atoms with Gasteiger partial charge >= 0.3 is 0 Å². The van der Waals surface area contributed by atoms with Crippen molar-refractivity contribution in [1.29, 1.82) is 0 Å². The van der Waals surface area contributed by atoms with Gasteiger partial charge in [0.05, 0.1) is 12.9 Å². The van der Waals surface area contributed by atoms with Crippen LogP contribution in [0, 0.1) is 0 Å². The zero-order chi connectivity index (χ0) is 10.0.